The van der Waals surface area contributed by atoms with Crippen molar-refractivity contribution in [2.24, 2.45) is 0 Å². The number of hydrogen-bond acceptors (Lipinski definition) is 5. The number of ether oxygens (including phenoxy) is 1. The van der Waals surface area contributed by atoms with E-state index in [1.54, 1.807) is 36.4 Å². The second-order valence-electron chi connectivity index (χ2n) is 6.49. The molecule has 0 fully saturated rings. The van der Waals surface area contributed by atoms with Crippen LogP contribution in [0, 0.1) is 0 Å². The first kappa shape index (κ1) is 19.4. The third-order valence-electron chi connectivity index (χ3n) is 4.19. The van der Waals surface area contributed by atoms with Crippen LogP contribution in [0.15, 0.2) is 59.0 Å². The Bertz CT molecular complexity index is 960. The number of nitrogens with one attached hydrogen (secondary N) is 2. The average Bonchev–Trinajstić information content (AvgIpc) is 3.13. The molecule has 28 heavy (non-hydrogen) atoms. The van der Waals surface area contributed by atoms with Crippen LogP contribution in [-0.2, 0) is 15.2 Å². The molecule has 3 aromatic rings. The van der Waals surface area contributed by atoms with Gasteiger partial charge < -0.3 is 24.9 Å². The van der Waals surface area contributed by atoms with E-state index in [0.29, 0.717) is 29.4 Å². The number of carbonyl (C=O) groups excluding carboxylic acids is 2. The number of rotatable bonds is 6. The normalized spacial score (nSPS) is 13.0. The van der Waals surface area contributed by atoms with Crippen LogP contribution >= 0.6 is 0 Å². The molecule has 7 nitrogen and oxygen atoms in total. The molecule has 0 radical (unpaired) electrons. The van der Waals surface area contributed by atoms with Crippen molar-refractivity contribution in [2.45, 2.75) is 19.4 Å². The lowest BCUT2D eigenvalue weighted by molar-refractivity contribution is -0.136. The lowest BCUT2D eigenvalue weighted by Crippen LogP contribution is -2.43. The highest BCUT2D eigenvalue weighted by molar-refractivity contribution is 6.39. The quantitative estimate of drug-likeness (QED) is 0.569. The van der Waals surface area contributed by atoms with E-state index >= 15 is 0 Å². The topological polar surface area (TPSA) is 101 Å². The van der Waals surface area contributed by atoms with Crippen LogP contribution in [-0.4, -0.2) is 30.1 Å². The van der Waals surface area contributed by atoms with Gasteiger partial charge in [-0.3, -0.25) is 9.59 Å². The molecule has 0 saturated heterocycles. The summed E-state index contributed by atoms with van der Waals surface area (Å²) in [4.78, 5) is 24.3. The molecule has 0 aliphatic carbocycles. The zero-order valence-corrected chi connectivity index (χ0v) is 15.7. The molecule has 0 saturated carbocycles. The Morgan fingerprint density at radius 1 is 1.11 bits per heavy atom. The molecular weight excluding hydrogens is 360 g/mol. The molecule has 1 atom stereocenters. The van der Waals surface area contributed by atoms with Crippen LogP contribution in [0.2, 0.25) is 0 Å². The van der Waals surface area contributed by atoms with Gasteiger partial charge in [-0.2, -0.15) is 0 Å². The van der Waals surface area contributed by atoms with E-state index < -0.39 is 17.4 Å². The summed E-state index contributed by atoms with van der Waals surface area (Å²) in [5.74, 6) is -0.952. The SMILES string of the molecule is CCOc1ccccc1NC(=O)C(=O)NC[C@@](C)(O)c1cc2ccccc2o1. The summed E-state index contributed by atoms with van der Waals surface area (Å²) in [7, 11) is 0. The molecule has 0 aliphatic heterocycles. The molecular formula is C21H22N2O5. The fourth-order valence-electron chi connectivity index (χ4n) is 2.70. The molecule has 1 heterocycles. The van der Waals surface area contributed by atoms with Crippen molar-refractivity contribution in [3.8, 4) is 5.75 Å². The molecule has 0 spiro atoms. The summed E-state index contributed by atoms with van der Waals surface area (Å²) in [5.41, 5.74) is -0.444. The lowest BCUT2D eigenvalue weighted by Gasteiger charge is -2.21. The number of amides is 2. The summed E-state index contributed by atoms with van der Waals surface area (Å²) < 4.78 is 11.1. The Balaban J connectivity index is 1.63. The molecule has 0 aliphatic rings. The molecule has 1 aromatic heterocycles. The van der Waals surface area contributed by atoms with Gasteiger partial charge in [0.25, 0.3) is 0 Å². The monoisotopic (exact) mass is 382 g/mol. The van der Waals surface area contributed by atoms with E-state index in [-0.39, 0.29) is 6.54 Å². The molecule has 2 amide bonds. The third kappa shape index (κ3) is 4.32. The molecule has 0 unspecified atom stereocenters. The summed E-state index contributed by atoms with van der Waals surface area (Å²) in [5, 5.41) is 16.5. The molecule has 0 bridgehead atoms. The predicted octanol–water partition coefficient (Wildman–Crippen LogP) is 2.79. The minimum Gasteiger partial charge on any atom is -0.492 e. The molecule has 2 aromatic carbocycles. The van der Waals surface area contributed by atoms with E-state index in [9.17, 15) is 14.7 Å². The van der Waals surface area contributed by atoms with Gasteiger partial charge in [0.05, 0.1) is 18.8 Å². The number of benzene rings is 2. The van der Waals surface area contributed by atoms with Gasteiger partial charge in [-0.15, -0.1) is 0 Å². The van der Waals surface area contributed by atoms with Crippen LogP contribution in [0.3, 0.4) is 0 Å². The first-order valence-corrected chi connectivity index (χ1v) is 8.93. The highest BCUT2D eigenvalue weighted by atomic mass is 16.5. The Morgan fingerprint density at radius 3 is 2.57 bits per heavy atom. The van der Waals surface area contributed by atoms with Gasteiger partial charge in [-0.25, -0.2) is 0 Å². The fraction of sp³-hybridized carbons (Fsp3) is 0.238. The Labute approximate surface area is 162 Å². The van der Waals surface area contributed by atoms with Gasteiger partial charge in [-0.1, -0.05) is 30.3 Å². The molecule has 7 heteroatoms. The van der Waals surface area contributed by atoms with E-state index in [0.717, 1.165) is 5.39 Å². The van der Waals surface area contributed by atoms with Crippen LogP contribution in [0.1, 0.15) is 19.6 Å². The van der Waals surface area contributed by atoms with Crippen molar-refractivity contribution < 1.29 is 23.8 Å². The molecule has 3 rings (SSSR count). The maximum atomic E-state index is 12.2. The van der Waals surface area contributed by atoms with Crippen molar-refractivity contribution in [1.29, 1.82) is 0 Å². The number of furan rings is 1. The average molecular weight is 382 g/mol. The van der Waals surface area contributed by atoms with Gasteiger partial charge >= 0.3 is 11.8 Å². The summed E-state index contributed by atoms with van der Waals surface area (Å²) in [6, 6.07) is 15.9. The number of hydrogen-bond donors (Lipinski definition) is 3. The lowest BCUT2D eigenvalue weighted by atomic mass is 10.0. The highest BCUT2D eigenvalue weighted by Crippen LogP contribution is 2.27. The largest absolute Gasteiger partial charge is 0.492 e. The van der Waals surface area contributed by atoms with Crippen molar-refractivity contribution in [1.82, 2.24) is 5.32 Å². The minimum absolute atomic E-state index is 0.188. The van der Waals surface area contributed by atoms with Gasteiger partial charge in [0, 0.05) is 5.39 Å². The van der Waals surface area contributed by atoms with Gasteiger partial charge in [0.2, 0.25) is 0 Å². The predicted molar refractivity (Wildman–Crippen MR) is 105 cm³/mol. The summed E-state index contributed by atoms with van der Waals surface area (Å²) in [6.45, 7) is 3.57. The van der Waals surface area contributed by atoms with Crippen LogP contribution in [0.25, 0.3) is 11.0 Å². The molecule has 3 N–H and O–H groups in total. The van der Waals surface area contributed by atoms with Crippen molar-refractivity contribution in [2.75, 3.05) is 18.5 Å². The molecule has 146 valence electrons. The van der Waals surface area contributed by atoms with Crippen LogP contribution in [0.4, 0.5) is 5.69 Å². The number of anilines is 1. The maximum absolute atomic E-state index is 12.2. The highest BCUT2D eigenvalue weighted by Gasteiger charge is 2.29. The second-order valence-corrected chi connectivity index (χ2v) is 6.49. The fourth-order valence-corrected chi connectivity index (χ4v) is 2.70. The van der Waals surface area contributed by atoms with Crippen molar-refractivity contribution >= 4 is 28.5 Å². The van der Waals surface area contributed by atoms with E-state index in [4.69, 9.17) is 9.15 Å². The van der Waals surface area contributed by atoms with E-state index in [1.165, 1.54) is 6.92 Å². The first-order valence-electron chi connectivity index (χ1n) is 8.93. The van der Waals surface area contributed by atoms with E-state index in [2.05, 4.69) is 10.6 Å². The standard InChI is InChI=1S/C21H22N2O5/c1-3-27-17-11-7-5-9-15(17)23-20(25)19(24)22-13-21(2,26)18-12-14-8-4-6-10-16(14)28-18/h4-12,26H,3,13H2,1-2H3,(H,22,24)(H,23,25)/t21-/m1/s1. The number of fused-ring (bicyclic) bond motifs is 1. The van der Waals surface area contributed by atoms with E-state index in [1.807, 2.05) is 25.1 Å². The zero-order valence-electron chi connectivity index (χ0n) is 15.7. The Kier molecular flexibility index (Phi) is 5.65. The minimum atomic E-state index is -1.47. The van der Waals surface area contributed by atoms with Crippen molar-refractivity contribution in [3.05, 3.63) is 60.4 Å². The Morgan fingerprint density at radius 2 is 1.82 bits per heavy atom. The van der Waals surface area contributed by atoms with Gasteiger partial charge in [0.1, 0.15) is 22.7 Å². The van der Waals surface area contributed by atoms with Gasteiger partial charge in [-0.05, 0) is 38.1 Å². The maximum Gasteiger partial charge on any atom is 0.313 e. The summed E-state index contributed by atoms with van der Waals surface area (Å²) in [6.07, 6.45) is 0. The summed E-state index contributed by atoms with van der Waals surface area (Å²) >= 11 is 0. The van der Waals surface area contributed by atoms with Crippen LogP contribution in [0.5, 0.6) is 5.75 Å². The second kappa shape index (κ2) is 8.14. The number of para-hydroxylation sites is 3. The number of carbonyl (C=O) groups is 2. The third-order valence-corrected chi connectivity index (χ3v) is 4.19. The Hall–Kier alpha value is -3.32. The zero-order chi connectivity index (χ0) is 20.1. The smallest absolute Gasteiger partial charge is 0.313 e. The first-order chi connectivity index (χ1) is 13.4. The van der Waals surface area contributed by atoms with Gasteiger partial charge in [0.15, 0.2) is 0 Å². The van der Waals surface area contributed by atoms with Crippen LogP contribution < -0.4 is 15.4 Å². The number of aliphatic hydroxyl groups is 1. The van der Waals surface area contributed by atoms with Crippen molar-refractivity contribution in [3.63, 3.8) is 0 Å².